The minimum Gasteiger partial charge on any atom is -0.508 e. The van der Waals surface area contributed by atoms with Crippen LogP contribution in [0.5, 0.6) is 5.75 Å². The van der Waals surface area contributed by atoms with Crippen LogP contribution >= 0.6 is 27.3 Å². The molecule has 1 aliphatic heterocycles. The number of hydrogen-bond acceptors (Lipinski definition) is 4. The van der Waals surface area contributed by atoms with Gasteiger partial charge in [0.2, 0.25) is 0 Å². The number of aromatic hydroxyl groups is 1. The van der Waals surface area contributed by atoms with Crippen LogP contribution in [0.15, 0.2) is 28.1 Å². The van der Waals surface area contributed by atoms with Gasteiger partial charge < -0.3 is 5.11 Å². The molecule has 1 saturated heterocycles. The zero-order valence-corrected chi connectivity index (χ0v) is 16.1. The topological polar surface area (TPSA) is 26.7 Å². The maximum atomic E-state index is 10.2. The van der Waals surface area contributed by atoms with Crippen LogP contribution in [0.3, 0.4) is 0 Å². The van der Waals surface area contributed by atoms with Crippen molar-refractivity contribution in [2.24, 2.45) is 0 Å². The summed E-state index contributed by atoms with van der Waals surface area (Å²) in [4.78, 5) is 6.36. The number of phenols is 1. The van der Waals surface area contributed by atoms with Crippen molar-refractivity contribution < 1.29 is 5.11 Å². The molecule has 1 aromatic heterocycles. The first-order valence-corrected chi connectivity index (χ1v) is 9.60. The monoisotopic (exact) mass is 394 g/mol. The SMILES string of the molecule is Cc1cc(O)c(CN2CCN(Cc3ccc(Br)s3)CC2)cc1C. The van der Waals surface area contributed by atoms with E-state index in [1.807, 2.05) is 24.3 Å². The van der Waals surface area contributed by atoms with Gasteiger partial charge in [-0.1, -0.05) is 6.07 Å². The van der Waals surface area contributed by atoms with E-state index in [1.54, 1.807) is 0 Å². The highest BCUT2D eigenvalue weighted by Gasteiger charge is 2.18. The second-order valence-electron chi connectivity index (χ2n) is 6.32. The highest BCUT2D eigenvalue weighted by atomic mass is 79.9. The molecule has 0 spiro atoms. The predicted octanol–water partition coefficient (Wildman–Crippen LogP) is 4.15. The molecule has 5 heteroatoms. The summed E-state index contributed by atoms with van der Waals surface area (Å²) in [5.74, 6) is 0.430. The lowest BCUT2D eigenvalue weighted by Crippen LogP contribution is -2.45. The fourth-order valence-electron chi connectivity index (χ4n) is 2.99. The predicted molar refractivity (Wildman–Crippen MR) is 100 cm³/mol. The van der Waals surface area contributed by atoms with Crippen LogP contribution in [0.2, 0.25) is 0 Å². The molecule has 124 valence electrons. The Hall–Kier alpha value is -0.880. The number of hydrogen-bond donors (Lipinski definition) is 1. The van der Waals surface area contributed by atoms with Gasteiger partial charge in [0.25, 0.3) is 0 Å². The minimum atomic E-state index is 0.430. The quantitative estimate of drug-likeness (QED) is 0.843. The fraction of sp³-hybridized carbons (Fsp3) is 0.444. The molecule has 3 rings (SSSR count). The molecule has 1 aliphatic rings. The Balaban J connectivity index is 1.54. The van der Waals surface area contributed by atoms with E-state index in [1.165, 1.54) is 14.2 Å². The molecule has 1 fully saturated rings. The van der Waals surface area contributed by atoms with E-state index in [4.69, 9.17) is 0 Å². The van der Waals surface area contributed by atoms with E-state index in [9.17, 15) is 5.11 Å². The molecule has 3 nitrogen and oxygen atoms in total. The van der Waals surface area contributed by atoms with Crippen LogP contribution in [0.4, 0.5) is 0 Å². The second-order valence-corrected chi connectivity index (χ2v) is 8.87. The van der Waals surface area contributed by atoms with Crippen LogP contribution in [0.25, 0.3) is 0 Å². The largest absolute Gasteiger partial charge is 0.508 e. The summed E-state index contributed by atoms with van der Waals surface area (Å²) in [7, 11) is 0. The van der Waals surface area contributed by atoms with Crippen LogP contribution < -0.4 is 0 Å². The van der Waals surface area contributed by atoms with Gasteiger partial charge in [-0.3, -0.25) is 9.80 Å². The van der Waals surface area contributed by atoms with Gasteiger partial charge in [0.05, 0.1) is 3.79 Å². The second kappa shape index (κ2) is 7.34. The molecule has 2 aromatic rings. The molecule has 0 unspecified atom stereocenters. The van der Waals surface area contributed by atoms with Crippen LogP contribution in [-0.4, -0.2) is 41.1 Å². The third-order valence-electron chi connectivity index (χ3n) is 4.56. The van der Waals surface area contributed by atoms with Crippen molar-refractivity contribution in [2.45, 2.75) is 26.9 Å². The smallest absolute Gasteiger partial charge is 0.120 e. The molecule has 1 aromatic carbocycles. The summed E-state index contributed by atoms with van der Waals surface area (Å²) in [6.07, 6.45) is 0. The molecular weight excluding hydrogens is 372 g/mol. The first kappa shape index (κ1) is 17.0. The van der Waals surface area contributed by atoms with E-state index in [0.717, 1.165) is 50.4 Å². The molecule has 0 radical (unpaired) electrons. The molecule has 0 bridgehead atoms. The van der Waals surface area contributed by atoms with Gasteiger partial charge in [0.15, 0.2) is 0 Å². The normalized spacial score (nSPS) is 16.8. The number of benzene rings is 1. The third-order valence-corrected chi connectivity index (χ3v) is 6.17. The summed E-state index contributed by atoms with van der Waals surface area (Å²) in [6.45, 7) is 10.3. The molecule has 0 saturated carbocycles. The van der Waals surface area contributed by atoms with Crippen molar-refractivity contribution in [3.05, 3.63) is 49.6 Å². The Morgan fingerprint density at radius 2 is 1.61 bits per heavy atom. The highest BCUT2D eigenvalue weighted by molar-refractivity contribution is 9.11. The summed E-state index contributed by atoms with van der Waals surface area (Å²) < 4.78 is 1.20. The Bertz CT molecular complexity index is 678. The molecule has 0 atom stereocenters. The van der Waals surface area contributed by atoms with E-state index >= 15 is 0 Å². The molecule has 2 heterocycles. The lowest BCUT2D eigenvalue weighted by atomic mass is 10.0. The molecule has 0 aliphatic carbocycles. The fourth-order valence-corrected chi connectivity index (χ4v) is 4.52. The minimum absolute atomic E-state index is 0.430. The van der Waals surface area contributed by atoms with Crippen molar-refractivity contribution in [3.8, 4) is 5.75 Å². The maximum absolute atomic E-state index is 10.2. The van der Waals surface area contributed by atoms with E-state index in [2.05, 4.69) is 50.9 Å². The van der Waals surface area contributed by atoms with Crippen molar-refractivity contribution >= 4 is 27.3 Å². The number of nitrogens with zero attached hydrogens (tertiary/aromatic N) is 2. The number of piperazine rings is 1. The Labute approximate surface area is 150 Å². The van der Waals surface area contributed by atoms with Crippen molar-refractivity contribution in [1.82, 2.24) is 9.80 Å². The average Bonchev–Trinajstić information content (AvgIpc) is 2.92. The Morgan fingerprint density at radius 1 is 1.00 bits per heavy atom. The van der Waals surface area contributed by atoms with Crippen molar-refractivity contribution in [2.75, 3.05) is 26.2 Å². The standard InChI is InChI=1S/C18H23BrN2OS/c1-13-9-15(17(22)10-14(13)2)11-20-5-7-21(8-6-20)12-16-3-4-18(19)23-16/h3-4,9-10,22H,5-8,11-12H2,1-2H3. The van der Waals surface area contributed by atoms with Crippen molar-refractivity contribution in [3.63, 3.8) is 0 Å². The van der Waals surface area contributed by atoms with Gasteiger partial charge in [0.1, 0.15) is 5.75 Å². The zero-order valence-electron chi connectivity index (χ0n) is 13.7. The van der Waals surface area contributed by atoms with Crippen LogP contribution in [0.1, 0.15) is 21.6 Å². The number of aryl methyl sites for hydroxylation is 2. The third kappa shape index (κ3) is 4.35. The molecular formula is C18H23BrN2OS. The summed E-state index contributed by atoms with van der Waals surface area (Å²) in [6, 6.07) is 8.34. The van der Waals surface area contributed by atoms with Crippen LogP contribution in [0, 0.1) is 13.8 Å². The lowest BCUT2D eigenvalue weighted by Gasteiger charge is -2.34. The van der Waals surface area contributed by atoms with Gasteiger partial charge >= 0.3 is 0 Å². The molecule has 0 amide bonds. The van der Waals surface area contributed by atoms with Crippen LogP contribution in [-0.2, 0) is 13.1 Å². The summed E-state index contributed by atoms with van der Waals surface area (Å²) in [5.41, 5.74) is 3.45. The Kier molecular flexibility index (Phi) is 5.42. The first-order valence-electron chi connectivity index (χ1n) is 7.99. The van der Waals surface area contributed by atoms with Gasteiger partial charge in [-0.25, -0.2) is 0 Å². The maximum Gasteiger partial charge on any atom is 0.120 e. The molecule has 23 heavy (non-hydrogen) atoms. The highest BCUT2D eigenvalue weighted by Crippen LogP contribution is 2.25. The number of phenolic OH excluding ortho intramolecular Hbond substituents is 1. The van der Waals surface area contributed by atoms with Gasteiger partial charge in [0, 0.05) is 49.7 Å². The number of rotatable bonds is 4. The Morgan fingerprint density at radius 3 is 2.22 bits per heavy atom. The van der Waals surface area contributed by atoms with Gasteiger partial charge in [-0.05, 0) is 59.1 Å². The zero-order chi connectivity index (χ0) is 16.4. The number of halogens is 1. The molecule has 1 N–H and O–H groups in total. The first-order chi connectivity index (χ1) is 11.0. The van der Waals surface area contributed by atoms with E-state index in [-0.39, 0.29) is 0 Å². The van der Waals surface area contributed by atoms with E-state index < -0.39 is 0 Å². The number of thiophene rings is 1. The van der Waals surface area contributed by atoms with Gasteiger partial charge in [-0.15, -0.1) is 11.3 Å². The van der Waals surface area contributed by atoms with Crippen molar-refractivity contribution in [1.29, 1.82) is 0 Å². The van der Waals surface area contributed by atoms with E-state index in [0.29, 0.717) is 5.75 Å². The summed E-state index contributed by atoms with van der Waals surface area (Å²) in [5, 5.41) is 10.2. The lowest BCUT2D eigenvalue weighted by molar-refractivity contribution is 0.122. The average molecular weight is 395 g/mol. The van der Waals surface area contributed by atoms with Gasteiger partial charge in [-0.2, -0.15) is 0 Å². The summed E-state index contributed by atoms with van der Waals surface area (Å²) >= 11 is 5.35.